The number of rotatable bonds is 4. The molecule has 1 aromatic rings. The van der Waals surface area contributed by atoms with Crippen molar-refractivity contribution in [2.75, 3.05) is 26.2 Å². The molecular formula is C18H28N2O2. The molecule has 1 amide bonds. The molecule has 0 saturated carbocycles. The van der Waals surface area contributed by atoms with Crippen LogP contribution >= 0.6 is 0 Å². The lowest BCUT2D eigenvalue weighted by atomic mass is 9.98. The minimum atomic E-state index is -0.844. The van der Waals surface area contributed by atoms with E-state index in [9.17, 15) is 4.79 Å². The Balaban J connectivity index is 2.10. The lowest BCUT2D eigenvalue weighted by molar-refractivity contribution is -0.146. The fourth-order valence-electron chi connectivity index (χ4n) is 2.95. The van der Waals surface area contributed by atoms with Crippen molar-refractivity contribution in [3.8, 4) is 5.75 Å². The molecule has 0 aliphatic carbocycles. The van der Waals surface area contributed by atoms with Crippen molar-refractivity contribution < 1.29 is 9.53 Å². The maximum absolute atomic E-state index is 12.7. The van der Waals surface area contributed by atoms with E-state index in [1.807, 2.05) is 30.9 Å². The molecule has 0 bridgehead atoms. The van der Waals surface area contributed by atoms with Crippen LogP contribution in [0.2, 0.25) is 0 Å². The molecular weight excluding hydrogens is 276 g/mol. The van der Waals surface area contributed by atoms with Gasteiger partial charge >= 0.3 is 0 Å². The molecule has 4 nitrogen and oxygen atoms in total. The highest BCUT2D eigenvalue weighted by atomic mass is 16.5. The summed E-state index contributed by atoms with van der Waals surface area (Å²) in [6.07, 6.45) is 0. The molecule has 1 aromatic carbocycles. The Kier molecular flexibility index (Phi) is 5.12. The van der Waals surface area contributed by atoms with Crippen molar-refractivity contribution in [2.45, 2.75) is 46.1 Å². The topological polar surface area (TPSA) is 41.6 Å². The Bertz CT molecular complexity index is 532. The van der Waals surface area contributed by atoms with Gasteiger partial charge in [-0.3, -0.25) is 4.79 Å². The molecule has 4 heteroatoms. The minimum absolute atomic E-state index is 0.0552. The van der Waals surface area contributed by atoms with Gasteiger partial charge in [-0.15, -0.1) is 0 Å². The van der Waals surface area contributed by atoms with Gasteiger partial charge < -0.3 is 15.0 Å². The van der Waals surface area contributed by atoms with Gasteiger partial charge in [0.15, 0.2) is 5.60 Å². The maximum Gasteiger partial charge on any atom is 0.266 e. The second-order valence-corrected chi connectivity index (χ2v) is 6.83. The number of ether oxygens (including phenoxy) is 1. The van der Waals surface area contributed by atoms with Crippen LogP contribution in [-0.4, -0.2) is 42.6 Å². The summed E-state index contributed by atoms with van der Waals surface area (Å²) in [6, 6.07) is 6.10. The molecule has 0 aromatic heterocycles. The first-order valence-electron chi connectivity index (χ1n) is 8.11. The number of aryl methyl sites for hydroxylation is 1. The molecule has 0 spiro atoms. The lowest BCUT2D eigenvalue weighted by Gasteiger charge is -2.34. The summed E-state index contributed by atoms with van der Waals surface area (Å²) >= 11 is 0. The second-order valence-electron chi connectivity index (χ2n) is 6.83. The van der Waals surface area contributed by atoms with Gasteiger partial charge in [-0.1, -0.05) is 19.9 Å². The number of hydrogen-bond acceptors (Lipinski definition) is 3. The van der Waals surface area contributed by atoms with E-state index in [4.69, 9.17) is 4.74 Å². The quantitative estimate of drug-likeness (QED) is 0.930. The summed E-state index contributed by atoms with van der Waals surface area (Å²) in [6.45, 7) is 13.3. The molecule has 1 fully saturated rings. The van der Waals surface area contributed by atoms with Crippen LogP contribution in [0.25, 0.3) is 0 Å². The van der Waals surface area contributed by atoms with E-state index in [-0.39, 0.29) is 5.91 Å². The Labute approximate surface area is 133 Å². The Morgan fingerprint density at radius 1 is 1.27 bits per heavy atom. The first kappa shape index (κ1) is 16.8. The van der Waals surface area contributed by atoms with E-state index in [2.05, 4.69) is 32.2 Å². The van der Waals surface area contributed by atoms with E-state index in [0.29, 0.717) is 5.92 Å². The van der Waals surface area contributed by atoms with Gasteiger partial charge in [-0.05, 0) is 49.9 Å². The third kappa shape index (κ3) is 3.80. The standard InChI is InChI=1S/C18H28N2O2/c1-13(2)16-7-6-15(12-14(16)3)22-18(4,5)17(21)20-10-8-19-9-11-20/h6-7,12-13,19H,8-11H2,1-5H3. The highest BCUT2D eigenvalue weighted by Crippen LogP contribution is 2.26. The predicted molar refractivity (Wildman–Crippen MR) is 89.4 cm³/mol. The van der Waals surface area contributed by atoms with Crippen LogP contribution < -0.4 is 10.1 Å². The predicted octanol–water partition coefficient (Wildman–Crippen LogP) is 2.71. The van der Waals surface area contributed by atoms with Crippen molar-refractivity contribution in [3.63, 3.8) is 0 Å². The number of carbonyl (C=O) groups is 1. The summed E-state index contributed by atoms with van der Waals surface area (Å²) in [4.78, 5) is 14.5. The van der Waals surface area contributed by atoms with Crippen molar-refractivity contribution in [2.24, 2.45) is 0 Å². The van der Waals surface area contributed by atoms with E-state index >= 15 is 0 Å². The fourth-order valence-corrected chi connectivity index (χ4v) is 2.95. The number of hydrogen-bond donors (Lipinski definition) is 1. The van der Waals surface area contributed by atoms with Gasteiger partial charge in [-0.2, -0.15) is 0 Å². The largest absolute Gasteiger partial charge is 0.478 e. The zero-order chi connectivity index (χ0) is 16.3. The average Bonchev–Trinajstić information content (AvgIpc) is 2.46. The monoisotopic (exact) mass is 304 g/mol. The van der Waals surface area contributed by atoms with Gasteiger partial charge in [0.1, 0.15) is 5.75 Å². The molecule has 0 radical (unpaired) electrons. The average molecular weight is 304 g/mol. The Morgan fingerprint density at radius 2 is 1.91 bits per heavy atom. The van der Waals surface area contributed by atoms with Crippen LogP contribution in [0, 0.1) is 6.92 Å². The molecule has 1 aliphatic heterocycles. The highest BCUT2D eigenvalue weighted by Gasteiger charge is 2.34. The Morgan fingerprint density at radius 3 is 2.45 bits per heavy atom. The number of nitrogens with zero attached hydrogens (tertiary/aromatic N) is 1. The molecule has 1 N–H and O–H groups in total. The zero-order valence-electron chi connectivity index (χ0n) is 14.4. The first-order valence-corrected chi connectivity index (χ1v) is 8.11. The van der Waals surface area contributed by atoms with Crippen molar-refractivity contribution >= 4 is 5.91 Å². The van der Waals surface area contributed by atoms with E-state index in [0.717, 1.165) is 31.9 Å². The normalized spacial score (nSPS) is 16.0. The molecule has 2 rings (SSSR count). The molecule has 1 heterocycles. The number of piperazine rings is 1. The number of nitrogens with one attached hydrogen (secondary N) is 1. The summed E-state index contributed by atoms with van der Waals surface area (Å²) < 4.78 is 6.02. The van der Waals surface area contributed by atoms with Gasteiger partial charge in [0.2, 0.25) is 0 Å². The van der Waals surface area contributed by atoms with Gasteiger partial charge in [0.05, 0.1) is 0 Å². The first-order chi connectivity index (χ1) is 10.3. The highest BCUT2D eigenvalue weighted by molar-refractivity contribution is 5.85. The van der Waals surface area contributed by atoms with Gasteiger partial charge in [0.25, 0.3) is 5.91 Å². The smallest absolute Gasteiger partial charge is 0.266 e. The molecule has 0 atom stereocenters. The van der Waals surface area contributed by atoms with Crippen LogP contribution in [0.1, 0.15) is 44.7 Å². The van der Waals surface area contributed by atoms with E-state index in [1.54, 1.807) is 0 Å². The SMILES string of the molecule is Cc1cc(OC(C)(C)C(=O)N2CCNCC2)ccc1C(C)C. The van der Waals surface area contributed by atoms with E-state index in [1.165, 1.54) is 11.1 Å². The van der Waals surface area contributed by atoms with Gasteiger partial charge in [0, 0.05) is 26.2 Å². The minimum Gasteiger partial charge on any atom is -0.478 e. The van der Waals surface area contributed by atoms with Crippen LogP contribution in [0.4, 0.5) is 0 Å². The van der Waals surface area contributed by atoms with Crippen molar-refractivity contribution in [1.82, 2.24) is 10.2 Å². The zero-order valence-corrected chi connectivity index (χ0v) is 14.4. The maximum atomic E-state index is 12.7. The molecule has 122 valence electrons. The van der Waals surface area contributed by atoms with Crippen LogP contribution in [0.5, 0.6) is 5.75 Å². The second kappa shape index (κ2) is 6.69. The summed E-state index contributed by atoms with van der Waals surface area (Å²) in [7, 11) is 0. The third-order valence-corrected chi connectivity index (χ3v) is 4.16. The molecule has 22 heavy (non-hydrogen) atoms. The number of benzene rings is 1. The fraction of sp³-hybridized carbons (Fsp3) is 0.611. The molecule has 1 aliphatic rings. The summed E-state index contributed by atoms with van der Waals surface area (Å²) in [5, 5.41) is 3.26. The molecule has 1 saturated heterocycles. The number of amides is 1. The van der Waals surface area contributed by atoms with Crippen molar-refractivity contribution in [3.05, 3.63) is 29.3 Å². The van der Waals surface area contributed by atoms with Gasteiger partial charge in [-0.25, -0.2) is 0 Å². The molecule has 0 unspecified atom stereocenters. The van der Waals surface area contributed by atoms with E-state index < -0.39 is 5.60 Å². The van der Waals surface area contributed by atoms with Crippen LogP contribution in [0.3, 0.4) is 0 Å². The van der Waals surface area contributed by atoms with Crippen LogP contribution in [-0.2, 0) is 4.79 Å². The lowest BCUT2D eigenvalue weighted by Crippen LogP contribution is -2.54. The summed E-state index contributed by atoms with van der Waals surface area (Å²) in [5.41, 5.74) is 1.68. The van der Waals surface area contributed by atoms with Crippen molar-refractivity contribution in [1.29, 1.82) is 0 Å². The third-order valence-electron chi connectivity index (χ3n) is 4.16. The Hall–Kier alpha value is -1.55. The number of carbonyl (C=O) groups excluding carboxylic acids is 1. The van der Waals surface area contributed by atoms with Crippen LogP contribution in [0.15, 0.2) is 18.2 Å². The summed E-state index contributed by atoms with van der Waals surface area (Å²) in [5.74, 6) is 1.31.